The second kappa shape index (κ2) is 10.2. The minimum absolute atomic E-state index is 0.0175. The number of benzene rings is 1. The number of carbonyl (C=O) groups excluding carboxylic acids is 2. The number of halogens is 1. The van der Waals surface area contributed by atoms with Gasteiger partial charge in [0.15, 0.2) is 20.9 Å². The fourth-order valence-electron chi connectivity index (χ4n) is 4.25. The lowest BCUT2D eigenvalue weighted by molar-refractivity contribution is -0.201. The molecule has 0 spiro atoms. The van der Waals surface area contributed by atoms with Crippen molar-refractivity contribution in [3.8, 4) is 16.9 Å². The normalized spacial score (nSPS) is 19.6. The van der Waals surface area contributed by atoms with Gasteiger partial charge in [-0.1, -0.05) is 0 Å². The van der Waals surface area contributed by atoms with E-state index >= 15 is 0 Å². The van der Waals surface area contributed by atoms with Crippen molar-refractivity contribution in [3.05, 3.63) is 42.0 Å². The van der Waals surface area contributed by atoms with Crippen LogP contribution in [0, 0.1) is 5.82 Å². The lowest BCUT2D eigenvalue weighted by Gasteiger charge is -2.29. The Hall–Kier alpha value is -2.96. The number of rotatable bonds is 9. The molecule has 2 atom stereocenters. The van der Waals surface area contributed by atoms with Crippen LogP contribution in [0.15, 0.2) is 30.5 Å². The topological polar surface area (TPSA) is 116 Å². The fourth-order valence-corrected chi connectivity index (χ4v) is 5.09. The highest BCUT2D eigenvalue weighted by atomic mass is 32.2. The Bertz CT molecular complexity index is 1260. The van der Waals surface area contributed by atoms with Gasteiger partial charge in [0.25, 0.3) is 5.91 Å². The summed E-state index contributed by atoms with van der Waals surface area (Å²) < 4.78 is 49.6. The summed E-state index contributed by atoms with van der Waals surface area (Å²) in [5.41, 5.74) is 3.75. The highest BCUT2D eigenvalue weighted by Gasteiger charge is 2.45. The van der Waals surface area contributed by atoms with Crippen molar-refractivity contribution in [3.63, 3.8) is 0 Å². The highest BCUT2D eigenvalue weighted by Crippen LogP contribution is 2.31. The molecule has 2 aliphatic rings. The van der Waals surface area contributed by atoms with E-state index in [4.69, 9.17) is 14.3 Å². The number of hydroxylamine groups is 1. The van der Waals surface area contributed by atoms with Crippen molar-refractivity contribution in [1.82, 2.24) is 14.9 Å². The van der Waals surface area contributed by atoms with Gasteiger partial charge in [0.2, 0.25) is 0 Å². The molecule has 4 rings (SSSR count). The van der Waals surface area contributed by atoms with E-state index < -0.39 is 32.6 Å². The summed E-state index contributed by atoms with van der Waals surface area (Å²) in [4.78, 5) is 32.6. The molecule has 10 nitrogen and oxygen atoms in total. The van der Waals surface area contributed by atoms with Gasteiger partial charge in [0.1, 0.15) is 11.6 Å². The zero-order valence-electron chi connectivity index (χ0n) is 20.5. The zero-order chi connectivity index (χ0) is 26.1. The summed E-state index contributed by atoms with van der Waals surface area (Å²) in [5, 5.41) is 0. The largest absolute Gasteiger partial charge is 0.497 e. The third-order valence-corrected chi connectivity index (χ3v) is 8.82. The van der Waals surface area contributed by atoms with Crippen LogP contribution in [0.4, 0.5) is 9.18 Å². The molecule has 1 fully saturated rings. The first kappa shape index (κ1) is 26.1. The first-order valence-electron chi connectivity index (χ1n) is 11.7. The molecule has 0 radical (unpaired) electrons. The van der Waals surface area contributed by atoms with Crippen molar-refractivity contribution in [1.29, 1.82) is 0 Å². The second-order valence-electron chi connectivity index (χ2n) is 9.24. The van der Waals surface area contributed by atoms with Gasteiger partial charge in [0, 0.05) is 54.9 Å². The highest BCUT2D eigenvalue weighted by molar-refractivity contribution is 7.92. The number of carbonyl (C=O) groups is 2. The van der Waals surface area contributed by atoms with Crippen molar-refractivity contribution in [2.75, 3.05) is 26.5 Å². The van der Waals surface area contributed by atoms with Gasteiger partial charge < -0.3 is 14.4 Å². The van der Waals surface area contributed by atoms with Crippen molar-refractivity contribution < 1.29 is 36.7 Å². The monoisotopic (exact) mass is 523 g/mol. The van der Waals surface area contributed by atoms with E-state index in [0.717, 1.165) is 19.1 Å². The van der Waals surface area contributed by atoms with Gasteiger partial charge in [-0.25, -0.2) is 27.9 Å². The molecule has 2 aromatic rings. The Morgan fingerprint density at radius 3 is 2.69 bits per heavy atom. The predicted octanol–water partition coefficient (Wildman–Crippen LogP) is 2.85. The van der Waals surface area contributed by atoms with Crippen LogP contribution in [-0.4, -0.2) is 67.4 Å². The van der Waals surface area contributed by atoms with Gasteiger partial charge in [-0.05, 0) is 44.4 Å². The summed E-state index contributed by atoms with van der Waals surface area (Å²) in [5.74, 6) is -0.902. The summed E-state index contributed by atoms with van der Waals surface area (Å²) in [6.07, 6.45) is 4.15. The molecule has 0 saturated carbocycles. The van der Waals surface area contributed by atoms with Gasteiger partial charge >= 0.3 is 6.03 Å². The zero-order valence-corrected chi connectivity index (χ0v) is 21.3. The molecular weight excluding hydrogens is 493 g/mol. The quantitative estimate of drug-likeness (QED) is 0.503. The second-order valence-corrected chi connectivity index (χ2v) is 11.7. The molecule has 1 aromatic carbocycles. The van der Waals surface area contributed by atoms with Crippen LogP contribution < -0.4 is 10.2 Å². The maximum absolute atomic E-state index is 14.5. The van der Waals surface area contributed by atoms with E-state index in [2.05, 4.69) is 5.48 Å². The minimum atomic E-state index is -3.86. The SMILES string of the molecule is COc1ccc(-c2cc3n(c2)C(=O)N(CC[C@](C)(C(=O)NO[C@H]2CCCCO2)S(C)(=O)=O)C3)c(F)c1. The number of sulfone groups is 1. The molecule has 2 amide bonds. The molecule has 36 heavy (non-hydrogen) atoms. The van der Waals surface area contributed by atoms with E-state index in [9.17, 15) is 22.4 Å². The molecule has 1 N–H and O–H groups in total. The molecule has 1 aromatic heterocycles. The number of ether oxygens (including phenoxy) is 2. The first-order chi connectivity index (χ1) is 17.0. The van der Waals surface area contributed by atoms with Crippen LogP contribution in [0.3, 0.4) is 0 Å². The van der Waals surface area contributed by atoms with E-state index in [0.29, 0.717) is 35.6 Å². The Morgan fingerprint density at radius 2 is 2.08 bits per heavy atom. The van der Waals surface area contributed by atoms with Crippen LogP contribution in [0.5, 0.6) is 5.75 Å². The Labute approximate surface area is 209 Å². The molecule has 3 heterocycles. The number of methoxy groups -OCH3 is 1. The molecule has 2 aliphatic heterocycles. The van der Waals surface area contributed by atoms with Gasteiger partial charge in [0.05, 0.1) is 13.7 Å². The number of hydrogen-bond donors (Lipinski definition) is 1. The van der Waals surface area contributed by atoms with Gasteiger partial charge in [-0.2, -0.15) is 0 Å². The minimum Gasteiger partial charge on any atom is -0.497 e. The van der Waals surface area contributed by atoms with Gasteiger partial charge in [-0.3, -0.25) is 9.36 Å². The third-order valence-electron chi connectivity index (χ3n) is 6.79. The van der Waals surface area contributed by atoms with Crippen LogP contribution in [0.1, 0.15) is 38.3 Å². The van der Waals surface area contributed by atoms with Crippen LogP contribution >= 0.6 is 0 Å². The van der Waals surface area contributed by atoms with E-state index in [-0.39, 0.29) is 25.5 Å². The average Bonchev–Trinajstić information content (AvgIpc) is 3.39. The Morgan fingerprint density at radius 1 is 1.31 bits per heavy atom. The summed E-state index contributed by atoms with van der Waals surface area (Å²) in [6, 6.07) is 5.82. The molecule has 1 saturated heterocycles. The Kier molecular flexibility index (Phi) is 7.39. The van der Waals surface area contributed by atoms with Crippen LogP contribution in [-0.2, 0) is 30.8 Å². The molecule has 0 bridgehead atoms. The molecule has 0 aliphatic carbocycles. The fraction of sp³-hybridized carbons (Fsp3) is 0.500. The number of hydrogen-bond acceptors (Lipinski definition) is 7. The van der Waals surface area contributed by atoms with Crippen molar-refractivity contribution >= 4 is 21.8 Å². The first-order valence-corrected chi connectivity index (χ1v) is 13.5. The number of nitrogens with zero attached hydrogens (tertiary/aromatic N) is 2. The number of aromatic nitrogens is 1. The van der Waals surface area contributed by atoms with Crippen molar-refractivity contribution in [2.45, 2.75) is 50.2 Å². The smallest absolute Gasteiger partial charge is 0.328 e. The van der Waals surface area contributed by atoms with E-state index in [1.807, 2.05) is 0 Å². The predicted molar refractivity (Wildman–Crippen MR) is 128 cm³/mol. The maximum atomic E-state index is 14.5. The summed E-state index contributed by atoms with van der Waals surface area (Å²) in [6.45, 7) is 2.04. The standard InChI is InChI=1S/C24H30FN3O7S/c1-24(36(3,31)32,22(29)26-35-21-6-4-5-11-34-21)9-10-27-15-17-12-16(14-28(17)23(27)30)19-8-7-18(33-2)13-20(19)25/h7-8,12-14,21H,4-6,9-11,15H2,1-3H3,(H,26,29)/t21-,24+/m0/s1. The number of amides is 2. The molecular formula is C24H30FN3O7S. The van der Waals surface area contributed by atoms with E-state index in [1.54, 1.807) is 24.4 Å². The van der Waals surface area contributed by atoms with Crippen LogP contribution in [0.2, 0.25) is 0 Å². The van der Waals surface area contributed by atoms with Gasteiger partial charge in [-0.15, -0.1) is 0 Å². The van der Waals surface area contributed by atoms with E-state index in [1.165, 1.54) is 29.6 Å². The average molecular weight is 524 g/mol. The lowest BCUT2D eigenvalue weighted by atomic mass is 10.1. The molecule has 0 unspecified atom stereocenters. The maximum Gasteiger partial charge on any atom is 0.328 e. The van der Waals surface area contributed by atoms with Crippen LogP contribution in [0.25, 0.3) is 11.1 Å². The lowest BCUT2D eigenvalue weighted by Crippen LogP contribution is -2.52. The molecule has 12 heteroatoms. The molecule has 196 valence electrons. The third kappa shape index (κ3) is 5.11. The summed E-state index contributed by atoms with van der Waals surface area (Å²) in [7, 11) is -2.41. The van der Waals surface area contributed by atoms with Crippen molar-refractivity contribution in [2.24, 2.45) is 0 Å². The summed E-state index contributed by atoms with van der Waals surface area (Å²) >= 11 is 0. The number of nitrogens with one attached hydrogen (secondary N) is 1. The number of fused-ring (bicyclic) bond motifs is 1. The Balaban J connectivity index is 1.42.